The maximum atomic E-state index is 9.84. The van der Waals surface area contributed by atoms with E-state index >= 15 is 0 Å². The number of nitrogens with one attached hydrogen (secondary N) is 1. The van der Waals surface area contributed by atoms with Crippen molar-refractivity contribution < 1.29 is 5.11 Å². The first-order valence-electron chi connectivity index (χ1n) is 6.30. The van der Waals surface area contributed by atoms with Crippen molar-refractivity contribution in [2.45, 2.75) is 50.8 Å². The molecule has 0 radical (unpaired) electrons. The Morgan fingerprint density at radius 3 is 3.12 bits per heavy atom. The maximum absolute atomic E-state index is 9.84. The molecule has 1 saturated heterocycles. The minimum absolute atomic E-state index is 0.348. The number of fused-ring (bicyclic) bond motifs is 1. The van der Waals surface area contributed by atoms with Gasteiger partial charge < -0.3 is 15.0 Å². The Balaban J connectivity index is 1.75. The van der Waals surface area contributed by atoms with E-state index in [-0.39, 0.29) is 6.10 Å². The molecule has 2 atom stereocenters. The van der Waals surface area contributed by atoms with Crippen LogP contribution in [0.3, 0.4) is 0 Å². The predicted molar refractivity (Wildman–Crippen MR) is 61.1 cm³/mol. The maximum Gasteiger partial charge on any atom is 0.137 e. The van der Waals surface area contributed by atoms with Gasteiger partial charge in [0.2, 0.25) is 0 Å². The normalized spacial score (nSPS) is 29.3. The fourth-order valence-electron chi connectivity index (χ4n) is 2.80. The Kier molecular flexibility index (Phi) is 2.69. The number of rotatable bonds is 2. The van der Waals surface area contributed by atoms with Gasteiger partial charge in [0.05, 0.1) is 5.69 Å². The monoisotopic (exact) mass is 221 g/mol. The molecule has 0 aromatic carbocycles. The van der Waals surface area contributed by atoms with E-state index in [1.807, 2.05) is 0 Å². The second kappa shape index (κ2) is 4.18. The molecule has 0 amide bonds. The van der Waals surface area contributed by atoms with Crippen molar-refractivity contribution in [3.05, 3.63) is 17.7 Å². The number of aromatic nitrogens is 2. The zero-order valence-electron chi connectivity index (χ0n) is 9.52. The number of nitrogens with zero attached hydrogens (tertiary/aromatic N) is 2. The first-order chi connectivity index (χ1) is 7.83. The lowest BCUT2D eigenvalue weighted by Gasteiger charge is -2.18. The Morgan fingerprint density at radius 1 is 1.44 bits per heavy atom. The van der Waals surface area contributed by atoms with Crippen molar-refractivity contribution in [2.75, 3.05) is 6.54 Å². The average Bonchev–Trinajstić information content (AvgIpc) is 2.88. The molecule has 0 aliphatic carbocycles. The molecule has 0 spiro atoms. The molecule has 0 bridgehead atoms. The van der Waals surface area contributed by atoms with Gasteiger partial charge in [0, 0.05) is 25.2 Å². The van der Waals surface area contributed by atoms with Crippen LogP contribution in [-0.4, -0.2) is 27.2 Å². The van der Waals surface area contributed by atoms with Crippen molar-refractivity contribution in [1.82, 2.24) is 14.9 Å². The summed E-state index contributed by atoms with van der Waals surface area (Å²) in [6.45, 7) is 2.15. The number of aliphatic hydroxyl groups excluding tert-OH is 1. The molecule has 1 aromatic rings. The third kappa shape index (κ3) is 1.87. The van der Waals surface area contributed by atoms with Crippen molar-refractivity contribution in [1.29, 1.82) is 0 Å². The zero-order chi connectivity index (χ0) is 11.0. The summed E-state index contributed by atoms with van der Waals surface area (Å²) < 4.78 is 2.12. The zero-order valence-corrected chi connectivity index (χ0v) is 9.52. The Bertz CT molecular complexity index is 368. The second-order valence-electron chi connectivity index (χ2n) is 4.94. The van der Waals surface area contributed by atoms with E-state index in [2.05, 4.69) is 21.1 Å². The highest BCUT2D eigenvalue weighted by molar-refractivity contribution is 5.10. The average molecular weight is 221 g/mol. The lowest BCUT2D eigenvalue weighted by atomic mass is 10.1. The molecular formula is C12H19N3O. The van der Waals surface area contributed by atoms with Crippen LogP contribution in [0.5, 0.6) is 0 Å². The van der Waals surface area contributed by atoms with E-state index < -0.39 is 0 Å². The third-order valence-electron chi connectivity index (χ3n) is 3.65. The van der Waals surface area contributed by atoms with Crippen LogP contribution in [-0.2, 0) is 13.0 Å². The van der Waals surface area contributed by atoms with E-state index in [1.165, 1.54) is 12.8 Å². The molecule has 2 aliphatic rings. The summed E-state index contributed by atoms with van der Waals surface area (Å²) in [5.41, 5.74) is 1.13. The Morgan fingerprint density at radius 2 is 2.38 bits per heavy atom. The van der Waals surface area contributed by atoms with E-state index in [9.17, 15) is 5.11 Å². The van der Waals surface area contributed by atoms with E-state index in [0.717, 1.165) is 43.9 Å². The summed E-state index contributed by atoms with van der Waals surface area (Å²) >= 11 is 0. The first kappa shape index (κ1) is 10.3. The molecular weight excluding hydrogens is 202 g/mol. The number of hydrogen-bond donors (Lipinski definition) is 2. The summed E-state index contributed by atoms with van der Waals surface area (Å²) in [7, 11) is 0. The van der Waals surface area contributed by atoms with E-state index in [1.54, 1.807) is 0 Å². The fourth-order valence-corrected chi connectivity index (χ4v) is 2.80. The molecule has 0 saturated carbocycles. The molecule has 2 aliphatic heterocycles. The summed E-state index contributed by atoms with van der Waals surface area (Å²) in [4.78, 5) is 4.57. The fraction of sp³-hybridized carbons (Fsp3) is 0.750. The van der Waals surface area contributed by atoms with Gasteiger partial charge in [-0.05, 0) is 32.2 Å². The SMILES string of the molecule is OC1CCCn2cc(CC3CCCN3)nc21. The molecule has 4 nitrogen and oxygen atoms in total. The standard InChI is InChI=1S/C12H19N3O/c16-11-4-2-6-15-8-10(14-12(11)15)7-9-3-1-5-13-9/h8-9,11,13,16H,1-7H2. The van der Waals surface area contributed by atoms with Crippen molar-refractivity contribution in [3.63, 3.8) is 0 Å². The van der Waals surface area contributed by atoms with Crippen LogP contribution in [0.1, 0.15) is 43.3 Å². The van der Waals surface area contributed by atoms with Gasteiger partial charge in [0.25, 0.3) is 0 Å². The van der Waals surface area contributed by atoms with Crippen molar-refractivity contribution >= 4 is 0 Å². The van der Waals surface area contributed by atoms with Crippen LogP contribution in [0.15, 0.2) is 6.20 Å². The van der Waals surface area contributed by atoms with Crippen LogP contribution in [0.2, 0.25) is 0 Å². The highest BCUT2D eigenvalue weighted by Gasteiger charge is 2.22. The molecule has 3 heterocycles. The first-order valence-corrected chi connectivity index (χ1v) is 6.30. The van der Waals surface area contributed by atoms with Gasteiger partial charge in [-0.2, -0.15) is 0 Å². The summed E-state index contributed by atoms with van der Waals surface area (Å²) in [6.07, 6.45) is 7.24. The van der Waals surface area contributed by atoms with E-state index in [4.69, 9.17) is 0 Å². The van der Waals surface area contributed by atoms with Crippen LogP contribution < -0.4 is 5.32 Å². The number of aryl methyl sites for hydroxylation is 1. The van der Waals surface area contributed by atoms with Crippen molar-refractivity contribution in [2.24, 2.45) is 0 Å². The third-order valence-corrected chi connectivity index (χ3v) is 3.65. The van der Waals surface area contributed by atoms with Gasteiger partial charge in [0.15, 0.2) is 0 Å². The molecule has 2 N–H and O–H groups in total. The topological polar surface area (TPSA) is 50.1 Å². The Labute approximate surface area is 95.7 Å². The van der Waals surface area contributed by atoms with Gasteiger partial charge in [-0.25, -0.2) is 4.98 Å². The highest BCUT2D eigenvalue weighted by atomic mass is 16.3. The van der Waals surface area contributed by atoms with Gasteiger partial charge in [-0.3, -0.25) is 0 Å². The molecule has 16 heavy (non-hydrogen) atoms. The minimum atomic E-state index is -0.348. The number of hydrogen-bond acceptors (Lipinski definition) is 3. The molecule has 4 heteroatoms. The number of aliphatic hydroxyl groups is 1. The molecule has 1 aromatic heterocycles. The van der Waals surface area contributed by atoms with Crippen LogP contribution in [0, 0.1) is 0 Å². The van der Waals surface area contributed by atoms with Crippen LogP contribution in [0.4, 0.5) is 0 Å². The quantitative estimate of drug-likeness (QED) is 0.783. The minimum Gasteiger partial charge on any atom is -0.385 e. The molecule has 3 rings (SSSR count). The van der Waals surface area contributed by atoms with Crippen LogP contribution in [0.25, 0.3) is 0 Å². The van der Waals surface area contributed by atoms with Crippen LogP contribution >= 0.6 is 0 Å². The summed E-state index contributed by atoms with van der Waals surface area (Å²) in [6, 6.07) is 0.592. The molecule has 2 unspecified atom stereocenters. The van der Waals surface area contributed by atoms with Gasteiger partial charge in [0.1, 0.15) is 11.9 Å². The summed E-state index contributed by atoms with van der Waals surface area (Å²) in [5, 5.41) is 13.3. The predicted octanol–water partition coefficient (Wildman–Crippen LogP) is 1.00. The molecule has 88 valence electrons. The lowest BCUT2D eigenvalue weighted by Crippen LogP contribution is -2.23. The molecule has 1 fully saturated rings. The number of imidazole rings is 1. The largest absolute Gasteiger partial charge is 0.385 e. The van der Waals surface area contributed by atoms with Gasteiger partial charge in [-0.1, -0.05) is 0 Å². The smallest absolute Gasteiger partial charge is 0.137 e. The lowest BCUT2D eigenvalue weighted by molar-refractivity contribution is 0.133. The van der Waals surface area contributed by atoms with Gasteiger partial charge in [-0.15, -0.1) is 0 Å². The van der Waals surface area contributed by atoms with Gasteiger partial charge >= 0.3 is 0 Å². The van der Waals surface area contributed by atoms with E-state index in [0.29, 0.717) is 6.04 Å². The highest BCUT2D eigenvalue weighted by Crippen LogP contribution is 2.24. The summed E-state index contributed by atoms with van der Waals surface area (Å²) in [5.74, 6) is 0.874. The second-order valence-corrected chi connectivity index (χ2v) is 4.94. The Hall–Kier alpha value is -0.870. The van der Waals surface area contributed by atoms with Crippen molar-refractivity contribution in [3.8, 4) is 0 Å².